The number of halogens is 1. The van der Waals surface area contributed by atoms with Gasteiger partial charge in [0, 0.05) is 5.56 Å². The van der Waals surface area contributed by atoms with Gasteiger partial charge in [0.15, 0.2) is 0 Å². The van der Waals surface area contributed by atoms with E-state index in [1.54, 1.807) is 0 Å². The Morgan fingerprint density at radius 3 is 2.52 bits per heavy atom. The number of hydrogen-bond acceptors (Lipinski definition) is 5. The summed E-state index contributed by atoms with van der Waals surface area (Å²) in [6.07, 6.45) is 0. The Morgan fingerprint density at radius 1 is 1.22 bits per heavy atom. The second-order valence-corrected chi connectivity index (χ2v) is 6.03. The Kier molecular flexibility index (Phi) is 7.38. The second-order valence-electron chi connectivity index (χ2n) is 4.24. The number of nitriles is 1. The number of benzene rings is 2. The van der Waals surface area contributed by atoms with Gasteiger partial charge in [-0.3, -0.25) is 4.79 Å². The van der Waals surface area contributed by atoms with Gasteiger partial charge in [0.2, 0.25) is 0 Å². The van der Waals surface area contributed by atoms with Gasteiger partial charge in [-0.15, -0.1) is 0 Å². The van der Waals surface area contributed by atoms with E-state index in [1.165, 1.54) is 30.3 Å². The van der Waals surface area contributed by atoms with Gasteiger partial charge in [-0.1, -0.05) is 17.7 Å². The first kappa shape index (κ1) is 20.3. The molecule has 6 nitrogen and oxygen atoms in total. The molecule has 0 saturated carbocycles. The number of nitrogens with one attached hydrogen (secondary N) is 1. The van der Waals surface area contributed by atoms with Crippen LogP contribution in [0.5, 0.6) is 0 Å². The molecule has 0 atom stereocenters. The summed E-state index contributed by atoms with van der Waals surface area (Å²) in [7, 11) is -4.65. The monoisotopic (exact) mass is 374 g/mol. The van der Waals surface area contributed by atoms with Crippen LogP contribution in [0.1, 0.15) is 15.9 Å². The number of rotatable bonds is 3. The van der Waals surface area contributed by atoms with Crippen molar-refractivity contribution in [3.8, 4) is 6.07 Å². The van der Waals surface area contributed by atoms with Crippen molar-refractivity contribution < 1.29 is 69.1 Å². The van der Waals surface area contributed by atoms with Gasteiger partial charge in [0.25, 0.3) is 5.91 Å². The molecular formula is C14H8ClKN2O4S. The molecule has 0 aliphatic rings. The minimum Gasteiger partial charge on any atom is -0.744 e. The van der Waals surface area contributed by atoms with Crippen molar-refractivity contribution >= 4 is 33.3 Å². The van der Waals surface area contributed by atoms with Gasteiger partial charge < -0.3 is 9.87 Å². The van der Waals surface area contributed by atoms with Crippen molar-refractivity contribution in [3.63, 3.8) is 0 Å². The van der Waals surface area contributed by atoms with E-state index in [0.29, 0.717) is 5.56 Å². The Labute approximate surface area is 180 Å². The standard InChI is InChI=1S/C14H9ClN2O4S.K/c15-12-5-4-9(8-16)6-13(12)17-14(18)10-2-1-3-11(7-10)22(19,20)21;/h1-7H,(H,17,18)(H,19,20,21);/q;+1/p-1. The summed E-state index contributed by atoms with van der Waals surface area (Å²) in [6, 6.07) is 10.9. The Bertz CT molecular complexity index is 894. The Morgan fingerprint density at radius 2 is 1.91 bits per heavy atom. The third-order valence-corrected chi connectivity index (χ3v) is 3.89. The third kappa shape index (κ3) is 5.37. The summed E-state index contributed by atoms with van der Waals surface area (Å²) < 4.78 is 32.9. The third-order valence-electron chi connectivity index (χ3n) is 2.73. The van der Waals surface area contributed by atoms with E-state index in [0.717, 1.165) is 12.1 Å². The number of carbonyl (C=O) groups is 1. The quantitative estimate of drug-likeness (QED) is 0.568. The molecule has 9 heteroatoms. The molecule has 1 amide bonds. The second kappa shape index (κ2) is 8.37. The molecule has 2 aromatic rings. The van der Waals surface area contributed by atoms with Crippen LogP contribution in [0.4, 0.5) is 5.69 Å². The SMILES string of the molecule is N#Cc1ccc(Cl)c(NC(=O)c2cccc(S(=O)(=O)[O-])c2)c1.[K+]. The number of carbonyl (C=O) groups excluding carboxylic acids is 1. The van der Waals surface area contributed by atoms with E-state index < -0.39 is 20.9 Å². The van der Waals surface area contributed by atoms with Crippen LogP contribution >= 0.6 is 11.6 Å². The molecule has 0 aliphatic heterocycles. The van der Waals surface area contributed by atoms with Gasteiger partial charge in [-0.05, 0) is 36.4 Å². The van der Waals surface area contributed by atoms with E-state index >= 15 is 0 Å². The first-order chi connectivity index (χ1) is 10.3. The molecule has 0 fully saturated rings. The zero-order valence-corrected chi connectivity index (χ0v) is 16.6. The molecular weight excluding hydrogens is 367 g/mol. The van der Waals surface area contributed by atoms with Crippen LogP contribution in [-0.2, 0) is 10.1 Å². The first-order valence-electron chi connectivity index (χ1n) is 5.88. The van der Waals surface area contributed by atoms with Crippen molar-refractivity contribution in [3.05, 3.63) is 58.6 Å². The van der Waals surface area contributed by atoms with Crippen molar-refractivity contribution in [1.29, 1.82) is 5.26 Å². The van der Waals surface area contributed by atoms with Gasteiger partial charge in [-0.2, -0.15) is 5.26 Å². The van der Waals surface area contributed by atoms with Crippen LogP contribution in [0.15, 0.2) is 47.4 Å². The predicted octanol–water partition coefficient (Wildman–Crippen LogP) is -0.628. The minimum atomic E-state index is -4.65. The van der Waals surface area contributed by atoms with E-state index in [2.05, 4.69) is 5.32 Å². The minimum absolute atomic E-state index is 0. The van der Waals surface area contributed by atoms with Crippen LogP contribution in [0.2, 0.25) is 5.02 Å². The number of nitrogens with zero attached hydrogens (tertiary/aromatic N) is 1. The summed E-state index contributed by atoms with van der Waals surface area (Å²) >= 11 is 5.92. The molecule has 1 N–H and O–H groups in total. The zero-order valence-electron chi connectivity index (χ0n) is 11.9. The summed E-state index contributed by atoms with van der Waals surface area (Å²) in [4.78, 5) is 11.6. The van der Waals surface area contributed by atoms with Crippen molar-refractivity contribution in [2.75, 3.05) is 5.32 Å². The summed E-state index contributed by atoms with van der Waals surface area (Å²) in [5.74, 6) is -0.650. The van der Waals surface area contributed by atoms with Crippen LogP contribution in [-0.4, -0.2) is 18.9 Å². The fraction of sp³-hybridized carbons (Fsp3) is 0. The number of hydrogen-bond donors (Lipinski definition) is 1. The summed E-state index contributed by atoms with van der Waals surface area (Å²) in [6.45, 7) is 0. The van der Waals surface area contributed by atoms with Crippen molar-refractivity contribution in [1.82, 2.24) is 0 Å². The molecule has 0 aromatic heterocycles. The van der Waals surface area contributed by atoms with Crippen LogP contribution in [0.3, 0.4) is 0 Å². The zero-order chi connectivity index (χ0) is 16.3. The normalized spacial score (nSPS) is 10.3. The van der Waals surface area contributed by atoms with E-state index in [-0.39, 0.29) is 67.7 Å². The molecule has 0 aliphatic carbocycles. The molecule has 2 aromatic carbocycles. The average Bonchev–Trinajstić information content (AvgIpc) is 2.48. The van der Waals surface area contributed by atoms with Crippen molar-refractivity contribution in [2.24, 2.45) is 0 Å². The molecule has 2 rings (SSSR count). The Hall–Kier alpha value is -0.764. The van der Waals surface area contributed by atoms with E-state index in [1.807, 2.05) is 6.07 Å². The Balaban J connectivity index is 0.00000264. The molecule has 0 spiro atoms. The maximum absolute atomic E-state index is 12.1. The average molecular weight is 375 g/mol. The van der Waals surface area contributed by atoms with Crippen LogP contribution < -0.4 is 56.7 Å². The van der Waals surface area contributed by atoms with Gasteiger partial charge in [0.1, 0.15) is 10.1 Å². The van der Waals surface area contributed by atoms with Gasteiger partial charge in [-0.25, -0.2) is 8.42 Å². The van der Waals surface area contributed by atoms with Gasteiger partial charge in [0.05, 0.1) is 27.2 Å². The number of anilines is 1. The largest absolute Gasteiger partial charge is 1.00 e. The summed E-state index contributed by atoms with van der Waals surface area (Å²) in [5.41, 5.74) is 0.493. The van der Waals surface area contributed by atoms with E-state index in [4.69, 9.17) is 16.9 Å². The molecule has 0 bridgehead atoms. The maximum atomic E-state index is 12.1. The molecule has 0 saturated heterocycles. The fourth-order valence-corrected chi connectivity index (χ4v) is 2.36. The van der Waals surface area contributed by atoms with Crippen LogP contribution in [0.25, 0.3) is 0 Å². The van der Waals surface area contributed by atoms with Gasteiger partial charge >= 0.3 is 51.4 Å². The molecule has 0 unspecified atom stereocenters. The molecule has 112 valence electrons. The first-order valence-corrected chi connectivity index (χ1v) is 7.67. The number of amides is 1. The molecule has 0 radical (unpaired) electrons. The van der Waals surface area contributed by atoms with Crippen molar-refractivity contribution in [2.45, 2.75) is 4.90 Å². The predicted molar refractivity (Wildman–Crippen MR) is 78.5 cm³/mol. The topological polar surface area (TPSA) is 110 Å². The maximum Gasteiger partial charge on any atom is 1.00 e. The smallest absolute Gasteiger partial charge is 0.744 e. The van der Waals surface area contributed by atoms with Crippen LogP contribution in [0, 0.1) is 11.3 Å². The molecule has 23 heavy (non-hydrogen) atoms. The van der Waals surface area contributed by atoms with E-state index in [9.17, 15) is 17.8 Å². The summed E-state index contributed by atoms with van der Waals surface area (Å²) in [5, 5.41) is 11.5. The molecule has 0 heterocycles. The fourth-order valence-electron chi connectivity index (χ4n) is 1.68.